The van der Waals surface area contributed by atoms with Crippen LogP contribution >= 0.6 is 0 Å². The average Bonchev–Trinajstić information content (AvgIpc) is 2.97. The molecule has 0 N–H and O–H groups in total. The Morgan fingerprint density at radius 3 is 2.47 bits per heavy atom. The van der Waals surface area contributed by atoms with Gasteiger partial charge in [-0.3, -0.25) is 0 Å². The molecule has 2 aliphatic rings. The molecule has 0 aliphatic carbocycles. The summed E-state index contributed by atoms with van der Waals surface area (Å²) in [7, 11) is 0. The van der Waals surface area contributed by atoms with Crippen LogP contribution in [0.4, 0.5) is 0 Å². The van der Waals surface area contributed by atoms with Crippen molar-refractivity contribution in [2.24, 2.45) is 5.41 Å². The van der Waals surface area contributed by atoms with Gasteiger partial charge >= 0.3 is 0 Å². The molecule has 0 saturated carbocycles. The first-order valence-electron chi connectivity index (χ1n) is 5.97. The summed E-state index contributed by atoms with van der Waals surface area (Å²) in [6.45, 7) is 8.03. The molecule has 0 aromatic heterocycles. The van der Waals surface area contributed by atoms with Gasteiger partial charge in [0.25, 0.3) is 0 Å². The molecule has 2 saturated heterocycles. The quantitative estimate of drug-likeness (QED) is 0.579. The van der Waals surface area contributed by atoms with Crippen molar-refractivity contribution in [2.45, 2.75) is 45.3 Å². The third-order valence-electron chi connectivity index (χ3n) is 2.98. The van der Waals surface area contributed by atoms with Crippen molar-refractivity contribution < 1.29 is 14.2 Å². The monoisotopic (exact) mass is 214 g/mol. The van der Waals surface area contributed by atoms with Gasteiger partial charge in [0.2, 0.25) is 0 Å². The Labute approximate surface area is 92.1 Å². The second-order valence-corrected chi connectivity index (χ2v) is 5.48. The Balaban J connectivity index is 1.50. The zero-order valence-electron chi connectivity index (χ0n) is 9.83. The summed E-state index contributed by atoms with van der Waals surface area (Å²) < 4.78 is 15.9. The molecule has 2 unspecified atom stereocenters. The van der Waals surface area contributed by atoms with Crippen LogP contribution < -0.4 is 0 Å². The SMILES string of the molecule is CC(C)(CCCC1CO1)COCC1CO1. The van der Waals surface area contributed by atoms with Gasteiger partial charge in [-0.15, -0.1) is 0 Å². The molecule has 0 spiro atoms. The van der Waals surface area contributed by atoms with E-state index in [-0.39, 0.29) is 0 Å². The molecule has 2 heterocycles. The molecule has 2 fully saturated rings. The second kappa shape index (κ2) is 4.81. The van der Waals surface area contributed by atoms with Crippen molar-refractivity contribution in [1.82, 2.24) is 0 Å². The van der Waals surface area contributed by atoms with Gasteiger partial charge in [-0.1, -0.05) is 20.3 Å². The number of hydrogen-bond donors (Lipinski definition) is 0. The van der Waals surface area contributed by atoms with E-state index in [4.69, 9.17) is 14.2 Å². The number of rotatable bonds is 8. The summed E-state index contributed by atoms with van der Waals surface area (Å²) >= 11 is 0. The Morgan fingerprint density at radius 1 is 1.20 bits per heavy atom. The fraction of sp³-hybridized carbons (Fsp3) is 1.00. The molecule has 2 rings (SSSR count). The minimum atomic E-state index is 0.295. The summed E-state index contributed by atoms with van der Waals surface area (Å²) in [6, 6.07) is 0. The highest BCUT2D eigenvalue weighted by atomic mass is 16.6. The molecular formula is C12H22O3. The highest BCUT2D eigenvalue weighted by Gasteiger charge is 2.26. The van der Waals surface area contributed by atoms with Crippen LogP contribution in [0.1, 0.15) is 33.1 Å². The lowest BCUT2D eigenvalue weighted by atomic mass is 9.88. The normalized spacial score (nSPS) is 29.2. The molecule has 0 bridgehead atoms. The summed E-state index contributed by atoms with van der Waals surface area (Å²) in [5.41, 5.74) is 0.295. The maximum atomic E-state index is 5.64. The fourth-order valence-electron chi connectivity index (χ4n) is 1.75. The van der Waals surface area contributed by atoms with Gasteiger partial charge < -0.3 is 14.2 Å². The van der Waals surface area contributed by atoms with E-state index < -0.39 is 0 Å². The predicted octanol–water partition coefficient (Wildman–Crippen LogP) is 2.00. The van der Waals surface area contributed by atoms with Crippen LogP contribution in [0.25, 0.3) is 0 Å². The maximum Gasteiger partial charge on any atom is 0.104 e. The number of ether oxygens (including phenoxy) is 3. The smallest absolute Gasteiger partial charge is 0.104 e. The van der Waals surface area contributed by atoms with Crippen LogP contribution in [-0.2, 0) is 14.2 Å². The lowest BCUT2D eigenvalue weighted by molar-refractivity contribution is 0.0472. The molecule has 3 heteroatoms. The molecule has 88 valence electrons. The van der Waals surface area contributed by atoms with Crippen molar-refractivity contribution in [3.8, 4) is 0 Å². The standard InChI is InChI=1S/C12H22O3/c1-12(2,5-3-4-10-7-14-10)9-13-6-11-8-15-11/h10-11H,3-9H2,1-2H3. The van der Waals surface area contributed by atoms with Crippen LogP contribution in [0.15, 0.2) is 0 Å². The van der Waals surface area contributed by atoms with Gasteiger partial charge in [-0.25, -0.2) is 0 Å². The van der Waals surface area contributed by atoms with Gasteiger partial charge in [-0.05, 0) is 18.3 Å². The van der Waals surface area contributed by atoms with Crippen LogP contribution in [0.3, 0.4) is 0 Å². The van der Waals surface area contributed by atoms with E-state index in [0.29, 0.717) is 17.6 Å². The van der Waals surface area contributed by atoms with E-state index in [1.807, 2.05) is 0 Å². The van der Waals surface area contributed by atoms with Gasteiger partial charge in [0.05, 0.1) is 32.5 Å². The summed E-state index contributed by atoms with van der Waals surface area (Å²) in [4.78, 5) is 0. The lowest BCUT2D eigenvalue weighted by Crippen LogP contribution is -2.21. The largest absolute Gasteiger partial charge is 0.378 e. The van der Waals surface area contributed by atoms with E-state index in [9.17, 15) is 0 Å². The van der Waals surface area contributed by atoms with E-state index >= 15 is 0 Å². The highest BCUT2D eigenvalue weighted by molar-refractivity contribution is 4.74. The second-order valence-electron chi connectivity index (χ2n) is 5.48. The highest BCUT2D eigenvalue weighted by Crippen LogP contribution is 2.27. The maximum absolute atomic E-state index is 5.64. The summed E-state index contributed by atoms with van der Waals surface area (Å²) in [6.07, 6.45) is 4.65. The van der Waals surface area contributed by atoms with E-state index in [1.54, 1.807) is 0 Å². The molecule has 3 nitrogen and oxygen atoms in total. The molecule has 0 aromatic rings. The minimum absolute atomic E-state index is 0.295. The summed E-state index contributed by atoms with van der Waals surface area (Å²) in [5.74, 6) is 0. The average molecular weight is 214 g/mol. The van der Waals surface area contributed by atoms with Crippen molar-refractivity contribution >= 4 is 0 Å². The topological polar surface area (TPSA) is 34.3 Å². The zero-order valence-corrected chi connectivity index (χ0v) is 9.83. The Kier molecular flexibility index (Phi) is 3.65. The number of epoxide rings is 2. The van der Waals surface area contributed by atoms with Crippen LogP contribution in [0.2, 0.25) is 0 Å². The first kappa shape index (κ1) is 11.4. The van der Waals surface area contributed by atoms with Crippen LogP contribution in [-0.4, -0.2) is 38.6 Å². The zero-order chi connectivity index (χ0) is 10.7. The van der Waals surface area contributed by atoms with E-state index in [2.05, 4.69) is 13.8 Å². The third-order valence-corrected chi connectivity index (χ3v) is 2.98. The van der Waals surface area contributed by atoms with E-state index in [1.165, 1.54) is 19.3 Å². The van der Waals surface area contributed by atoms with Crippen LogP contribution in [0.5, 0.6) is 0 Å². The van der Waals surface area contributed by atoms with Gasteiger partial charge in [0, 0.05) is 0 Å². The van der Waals surface area contributed by atoms with Gasteiger partial charge in [-0.2, -0.15) is 0 Å². The predicted molar refractivity (Wildman–Crippen MR) is 57.9 cm³/mol. The molecule has 2 atom stereocenters. The molecule has 2 aliphatic heterocycles. The van der Waals surface area contributed by atoms with Gasteiger partial charge in [0.1, 0.15) is 6.10 Å². The molecule has 0 aromatic carbocycles. The first-order valence-corrected chi connectivity index (χ1v) is 5.97. The van der Waals surface area contributed by atoms with Crippen LogP contribution in [0, 0.1) is 5.41 Å². The van der Waals surface area contributed by atoms with Crippen molar-refractivity contribution in [1.29, 1.82) is 0 Å². The van der Waals surface area contributed by atoms with Gasteiger partial charge in [0.15, 0.2) is 0 Å². The molecule has 0 amide bonds. The van der Waals surface area contributed by atoms with E-state index in [0.717, 1.165) is 26.4 Å². The Bertz CT molecular complexity index is 175. The first-order chi connectivity index (χ1) is 7.16. The fourth-order valence-corrected chi connectivity index (χ4v) is 1.75. The van der Waals surface area contributed by atoms with Crippen molar-refractivity contribution in [3.63, 3.8) is 0 Å². The lowest BCUT2D eigenvalue weighted by Gasteiger charge is -2.24. The van der Waals surface area contributed by atoms with Crippen molar-refractivity contribution in [2.75, 3.05) is 26.4 Å². The Morgan fingerprint density at radius 2 is 1.87 bits per heavy atom. The Hall–Kier alpha value is -0.120. The molecular weight excluding hydrogens is 192 g/mol. The summed E-state index contributed by atoms with van der Waals surface area (Å²) in [5, 5.41) is 0. The minimum Gasteiger partial charge on any atom is -0.378 e. The molecule has 0 radical (unpaired) electrons. The molecule has 15 heavy (non-hydrogen) atoms. The number of hydrogen-bond acceptors (Lipinski definition) is 3. The van der Waals surface area contributed by atoms with Crippen molar-refractivity contribution in [3.05, 3.63) is 0 Å². The third kappa shape index (κ3) is 4.96.